The van der Waals surface area contributed by atoms with Crippen LogP contribution in [0.5, 0.6) is 0 Å². The summed E-state index contributed by atoms with van der Waals surface area (Å²) in [5.74, 6) is 0. The number of morpholine rings is 1. The molecule has 1 saturated heterocycles. The topological polar surface area (TPSA) is 83.8 Å². The number of aromatic nitrogens is 1. The number of hydrogen-bond donors (Lipinski definition) is 2. The Hall–Kier alpha value is -3.42. The summed E-state index contributed by atoms with van der Waals surface area (Å²) in [6, 6.07) is 15.6. The zero-order chi connectivity index (χ0) is 25.6. The lowest BCUT2D eigenvalue weighted by atomic mass is 9.98. The molecule has 1 amide bonds. The largest absolute Gasteiger partial charge is 0.386 e. The number of anilines is 2. The number of pyridine rings is 1. The summed E-state index contributed by atoms with van der Waals surface area (Å²) in [6.45, 7) is 10.5. The average molecular weight is 478 g/mol. The molecule has 0 bridgehead atoms. The number of amides is 1. The van der Waals surface area contributed by atoms with E-state index in [1.807, 2.05) is 25.4 Å². The summed E-state index contributed by atoms with van der Waals surface area (Å²) < 4.78 is 7.07. The minimum absolute atomic E-state index is 0.0518. The molecule has 0 aliphatic carbocycles. The van der Waals surface area contributed by atoms with Gasteiger partial charge >= 0.3 is 0 Å². The maximum Gasteiger partial charge on any atom is 0.273 e. The van der Waals surface area contributed by atoms with Crippen LogP contribution in [0.25, 0.3) is 11.1 Å². The summed E-state index contributed by atoms with van der Waals surface area (Å²) in [5, 5.41) is 12.2. The minimum Gasteiger partial charge on any atom is -0.386 e. The molecule has 4 rings (SSSR count). The van der Waals surface area contributed by atoms with Gasteiger partial charge in [0.2, 0.25) is 6.41 Å². The molecule has 1 fully saturated rings. The average Bonchev–Trinajstić information content (AvgIpc) is 2.83. The number of nitrogens with one attached hydrogen (secondary N) is 1. The highest BCUT2D eigenvalue weighted by atomic mass is 16.5. The van der Waals surface area contributed by atoms with E-state index in [1.54, 1.807) is 36.6 Å². The SMILES string of the molecule is CC(C)(O)c1cccc(NC=O)c1.Cc1ccc(C)c(-c2cc(N3CCOCC3)c(=O)n(C)c2)c1. The van der Waals surface area contributed by atoms with Crippen LogP contribution in [0.3, 0.4) is 0 Å². The quantitative estimate of drug-likeness (QED) is 0.543. The van der Waals surface area contributed by atoms with Crippen LogP contribution in [-0.2, 0) is 22.2 Å². The number of benzene rings is 2. The third-order valence-electron chi connectivity index (χ3n) is 6.01. The summed E-state index contributed by atoms with van der Waals surface area (Å²) in [6.07, 6.45) is 2.54. The number of aliphatic hydroxyl groups is 1. The van der Waals surface area contributed by atoms with Crippen LogP contribution in [0.4, 0.5) is 11.4 Å². The number of hydrogen-bond acceptors (Lipinski definition) is 5. The van der Waals surface area contributed by atoms with Crippen LogP contribution in [-0.4, -0.2) is 42.4 Å². The van der Waals surface area contributed by atoms with Crippen LogP contribution in [0.2, 0.25) is 0 Å². The molecule has 7 nitrogen and oxygen atoms in total. The molecule has 2 N–H and O–H groups in total. The molecule has 7 heteroatoms. The third kappa shape index (κ3) is 6.81. The van der Waals surface area contributed by atoms with Crippen molar-refractivity contribution in [1.29, 1.82) is 0 Å². The van der Waals surface area contributed by atoms with Crippen molar-refractivity contribution in [1.82, 2.24) is 4.57 Å². The number of aryl methyl sites for hydroxylation is 3. The van der Waals surface area contributed by atoms with Gasteiger partial charge in [0, 0.05) is 37.6 Å². The molecule has 186 valence electrons. The lowest BCUT2D eigenvalue weighted by molar-refractivity contribution is -0.105. The van der Waals surface area contributed by atoms with E-state index in [1.165, 1.54) is 16.7 Å². The van der Waals surface area contributed by atoms with Gasteiger partial charge in [-0.1, -0.05) is 35.9 Å². The van der Waals surface area contributed by atoms with Crippen LogP contribution in [0, 0.1) is 13.8 Å². The summed E-state index contributed by atoms with van der Waals surface area (Å²) in [7, 11) is 1.82. The molecule has 0 radical (unpaired) electrons. The van der Waals surface area contributed by atoms with Crippen molar-refractivity contribution < 1.29 is 14.6 Å². The number of carbonyl (C=O) groups excluding carboxylic acids is 1. The Labute approximate surface area is 207 Å². The molecule has 0 saturated carbocycles. The fourth-order valence-corrected chi connectivity index (χ4v) is 3.98. The fraction of sp³-hybridized carbons (Fsp3) is 0.357. The normalized spacial score (nSPS) is 13.6. The minimum atomic E-state index is -0.874. The number of ether oxygens (including phenoxy) is 1. The highest BCUT2D eigenvalue weighted by Gasteiger charge is 2.17. The standard InChI is InChI=1S/C18H22N2O2.C10H13NO2/c1-13-4-5-14(2)16(10-13)15-11-17(18(21)19(3)12-15)20-6-8-22-9-7-20;1-10(2,13)8-4-3-5-9(6-8)11-7-12/h4-5,10-12H,6-9H2,1-3H3;3-7,13H,1-2H3,(H,11,12). The van der Waals surface area contributed by atoms with Gasteiger partial charge in [0.15, 0.2) is 0 Å². The molecule has 35 heavy (non-hydrogen) atoms. The highest BCUT2D eigenvalue weighted by molar-refractivity contribution is 5.72. The summed E-state index contributed by atoms with van der Waals surface area (Å²) in [4.78, 5) is 24.8. The first-order chi connectivity index (χ1) is 16.6. The van der Waals surface area contributed by atoms with E-state index in [0.29, 0.717) is 25.3 Å². The van der Waals surface area contributed by atoms with Gasteiger partial charge < -0.3 is 24.6 Å². The molecule has 1 aliphatic heterocycles. The first kappa shape index (κ1) is 26.2. The Balaban J connectivity index is 0.000000225. The molecule has 3 aromatic rings. The van der Waals surface area contributed by atoms with E-state index in [-0.39, 0.29) is 5.56 Å². The number of rotatable bonds is 5. The second-order valence-electron chi connectivity index (χ2n) is 9.35. The van der Waals surface area contributed by atoms with Crippen molar-refractivity contribution in [3.63, 3.8) is 0 Å². The van der Waals surface area contributed by atoms with Gasteiger partial charge in [0.05, 0.1) is 18.8 Å². The van der Waals surface area contributed by atoms with E-state index in [2.05, 4.69) is 42.3 Å². The third-order valence-corrected chi connectivity index (χ3v) is 6.01. The zero-order valence-electron chi connectivity index (χ0n) is 21.2. The van der Waals surface area contributed by atoms with Crippen molar-refractivity contribution in [2.75, 3.05) is 36.5 Å². The lowest BCUT2D eigenvalue weighted by Gasteiger charge is -2.29. The smallest absolute Gasteiger partial charge is 0.273 e. The monoisotopic (exact) mass is 477 g/mol. The van der Waals surface area contributed by atoms with Gasteiger partial charge in [-0.2, -0.15) is 0 Å². The Kier molecular flexibility index (Phi) is 8.48. The van der Waals surface area contributed by atoms with Gasteiger partial charge in [0.25, 0.3) is 5.56 Å². The van der Waals surface area contributed by atoms with E-state index in [4.69, 9.17) is 4.74 Å². The van der Waals surface area contributed by atoms with Crippen molar-refractivity contribution in [3.05, 3.63) is 81.8 Å². The second-order valence-corrected chi connectivity index (χ2v) is 9.35. The number of carbonyl (C=O) groups is 1. The molecule has 0 unspecified atom stereocenters. The molecule has 1 aliphatic rings. The lowest BCUT2D eigenvalue weighted by Crippen LogP contribution is -2.40. The molecular weight excluding hydrogens is 442 g/mol. The molecule has 0 atom stereocenters. The van der Waals surface area contributed by atoms with Gasteiger partial charge in [-0.15, -0.1) is 0 Å². The van der Waals surface area contributed by atoms with Crippen molar-refractivity contribution in [2.24, 2.45) is 7.05 Å². The maximum atomic E-state index is 12.5. The fourth-order valence-electron chi connectivity index (χ4n) is 3.98. The Morgan fingerprint density at radius 1 is 1.06 bits per heavy atom. The highest BCUT2D eigenvalue weighted by Crippen LogP contribution is 2.27. The van der Waals surface area contributed by atoms with Gasteiger partial charge in [0.1, 0.15) is 5.69 Å². The van der Waals surface area contributed by atoms with Crippen LogP contribution in [0.15, 0.2) is 59.5 Å². The summed E-state index contributed by atoms with van der Waals surface area (Å²) in [5.41, 5.74) is 6.13. The first-order valence-corrected chi connectivity index (χ1v) is 11.7. The molecule has 1 aromatic heterocycles. The van der Waals surface area contributed by atoms with E-state index >= 15 is 0 Å². The first-order valence-electron chi connectivity index (χ1n) is 11.7. The van der Waals surface area contributed by atoms with Crippen LogP contribution in [0.1, 0.15) is 30.5 Å². The Morgan fingerprint density at radius 3 is 2.43 bits per heavy atom. The van der Waals surface area contributed by atoms with E-state index in [0.717, 1.165) is 29.9 Å². The summed E-state index contributed by atoms with van der Waals surface area (Å²) >= 11 is 0. The van der Waals surface area contributed by atoms with Crippen molar-refractivity contribution >= 4 is 17.8 Å². The van der Waals surface area contributed by atoms with Crippen LogP contribution >= 0.6 is 0 Å². The van der Waals surface area contributed by atoms with Gasteiger partial charge in [-0.25, -0.2) is 0 Å². The molecule has 0 spiro atoms. The Morgan fingerprint density at radius 2 is 1.77 bits per heavy atom. The van der Waals surface area contributed by atoms with E-state index < -0.39 is 5.60 Å². The second kappa shape index (κ2) is 11.3. The molecule has 2 heterocycles. The number of nitrogens with zero attached hydrogens (tertiary/aromatic N) is 2. The van der Waals surface area contributed by atoms with Crippen molar-refractivity contribution in [3.8, 4) is 11.1 Å². The predicted octanol–water partition coefficient (Wildman–Crippen LogP) is 3.99. The van der Waals surface area contributed by atoms with Crippen molar-refractivity contribution in [2.45, 2.75) is 33.3 Å². The predicted molar refractivity (Wildman–Crippen MR) is 141 cm³/mol. The van der Waals surface area contributed by atoms with Gasteiger partial charge in [-0.3, -0.25) is 9.59 Å². The Bertz CT molecular complexity index is 1220. The molecular formula is C28H35N3O4. The van der Waals surface area contributed by atoms with Crippen LogP contribution < -0.4 is 15.8 Å². The molecule has 2 aromatic carbocycles. The van der Waals surface area contributed by atoms with E-state index in [9.17, 15) is 14.7 Å². The van der Waals surface area contributed by atoms with Gasteiger partial charge in [-0.05, 0) is 62.6 Å². The maximum absolute atomic E-state index is 12.5. The zero-order valence-corrected chi connectivity index (χ0v) is 21.2.